The topological polar surface area (TPSA) is 38.3 Å². The highest BCUT2D eigenvalue weighted by Gasteiger charge is 2.09. The van der Waals surface area contributed by atoms with Crippen LogP contribution in [0, 0.1) is 0 Å². The van der Waals surface area contributed by atoms with Crippen LogP contribution in [0.5, 0.6) is 5.75 Å². The number of carbonyl (C=O) groups excluding carboxylic acids is 1. The van der Waals surface area contributed by atoms with Crippen LogP contribution in [0.1, 0.15) is 30.4 Å². The van der Waals surface area contributed by atoms with E-state index < -0.39 is 0 Å². The van der Waals surface area contributed by atoms with E-state index in [0.29, 0.717) is 25.3 Å². The molecule has 22 heavy (non-hydrogen) atoms. The zero-order chi connectivity index (χ0) is 15.8. The number of amides is 1. The minimum Gasteiger partial charge on any atom is -0.496 e. The molecule has 2 rings (SSSR count). The molecule has 3 heteroatoms. The maximum atomic E-state index is 12.0. The smallest absolute Gasteiger partial charge is 0.220 e. The van der Waals surface area contributed by atoms with Crippen molar-refractivity contribution in [2.24, 2.45) is 0 Å². The minimum absolute atomic E-state index is 0.0775. The molecular formula is C19H23NO2. The van der Waals surface area contributed by atoms with Crippen molar-refractivity contribution in [1.82, 2.24) is 5.32 Å². The Balaban J connectivity index is 1.79. The van der Waals surface area contributed by atoms with Gasteiger partial charge in [-0.3, -0.25) is 4.79 Å². The van der Waals surface area contributed by atoms with Crippen molar-refractivity contribution in [1.29, 1.82) is 0 Å². The largest absolute Gasteiger partial charge is 0.496 e. The van der Waals surface area contributed by atoms with E-state index in [0.717, 1.165) is 11.3 Å². The number of methoxy groups -OCH3 is 1. The molecule has 0 bridgehead atoms. The standard InChI is InChI=1S/C19H23NO2/c1-15(16-8-4-3-5-9-16)14-20-19(21)13-12-17-10-6-7-11-18(17)22-2/h3-11,15H,12-14H2,1-2H3,(H,20,21). The van der Waals surface area contributed by atoms with Crippen LogP contribution in [0.15, 0.2) is 54.6 Å². The Morgan fingerprint density at radius 1 is 1.09 bits per heavy atom. The highest BCUT2D eigenvalue weighted by atomic mass is 16.5. The Morgan fingerprint density at radius 2 is 1.77 bits per heavy atom. The zero-order valence-electron chi connectivity index (χ0n) is 13.2. The molecule has 0 aliphatic rings. The quantitative estimate of drug-likeness (QED) is 0.849. The first-order valence-corrected chi connectivity index (χ1v) is 7.64. The number of hydrogen-bond acceptors (Lipinski definition) is 2. The van der Waals surface area contributed by atoms with Gasteiger partial charge in [-0.15, -0.1) is 0 Å². The molecule has 0 fully saturated rings. The van der Waals surface area contributed by atoms with E-state index in [1.165, 1.54) is 5.56 Å². The molecule has 2 aromatic carbocycles. The normalized spacial score (nSPS) is 11.7. The van der Waals surface area contributed by atoms with Crippen molar-refractivity contribution < 1.29 is 9.53 Å². The van der Waals surface area contributed by atoms with Gasteiger partial charge in [0, 0.05) is 13.0 Å². The number of benzene rings is 2. The summed E-state index contributed by atoms with van der Waals surface area (Å²) in [4.78, 5) is 12.0. The van der Waals surface area contributed by atoms with Crippen molar-refractivity contribution >= 4 is 5.91 Å². The number of hydrogen-bond donors (Lipinski definition) is 1. The maximum absolute atomic E-state index is 12.0. The van der Waals surface area contributed by atoms with Crippen LogP contribution < -0.4 is 10.1 Å². The van der Waals surface area contributed by atoms with Gasteiger partial charge in [0.25, 0.3) is 0 Å². The van der Waals surface area contributed by atoms with Crippen LogP contribution in [-0.2, 0) is 11.2 Å². The van der Waals surface area contributed by atoms with Gasteiger partial charge in [-0.1, -0.05) is 55.5 Å². The summed E-state index contributed by atoms with van der Waals surface area (Å²) in [5, 5.41) is 3.01. The first-order chi connectivity index (χ1) is 10.7. The van der Waals surface area contributed by atoms with Crippen LogP contribution in [-0.4, -0.2) is 19.6 Å². The second kappa shape index (κ2) is 8.23. The number of carbonyl (C=O) groups is 1. The number of para-hydroxylation sites is 1. The van der Waals surface area contributed by atoms with Gasteiger partial charge in [-0.05, 0) is 29.5 Å². The van der Waals surface area contributed by atoms with Crippen molar-refractivity contribution in [3.05, 3.63) is 65.7 Å². The van der Waals surface area contributed by atoms with Crippen molar-refractivity contribution in [2.75, 3.05) is 13.7 Å². The molecule has 0 saturated heterocycles. The van der Waals surface area contributed by atoms with E-state index in [-0.39, 0.29) is 5.91 Å². The molecule has 1 atom stereocenters. The minimum atomic E-state index is 0.0775. The first-order valence-electron chi connectivity index (χ1n) is 7.64. The molecule has 0 spiro atoms. The molecule has 3 nitrogen and oxygen atoms in total. The predicted molar refractivity (Wildman–Crippen MR) is 89.2 cm³/mol. The number of rotatable bonds is 7. The molecule has 1 N–H and O–H groups in total. The molecule has 1 unspecified atom stereocenters. The highest BCUT2D eigenvalue weighted by molar-refractivity contribution is 5.76. The molecule has 0 aromatic heterocycles. The lowest BCUT2D eigenvalue weighted by Gasteiger charge is -2.13. The van der Waals surface area contributed by atoms with Gasteiger partial charge in [-0.25, -0.2) is 0 Å². The van der Waals surface area contributed by atoms with Gasteiger partial charge in [0.05, 0.1) is 7.11 Å². The SMILES string of the molecule is COc1ccccc1CCC(=O)NCC(C)c1ccccc1. The fourth-order valence-electron chi connectivity index (χ4n) is 2.41. The molecule has 0 radical (unpaired) electrons. The first kappa shape index (κ1) is 16.1. The Hall–Kier alpha value is -2.29. The fraction of sp³-hybridized carbons (Fsp3) is 0.316. The number of nitrogens with one attached hydrogen (secondary N) is 1. The average molecular weight is 297 g/mol. The lowest BCUT2D eigenvalue weighted by molar-refractivity contribution is -0.121. The Labute approximate surface area is 132 Å². The molecule has 2 aromatic rings. The van der Waals surface area contributed by atoms with Crippen molar-refractivity contribution in [3.63, 3.8) is 0 Å². The van der Waals surface area contributed by atoms with Gasteiger partial charge < -0.3 is 10.1 Å². The van der Waals surface area contributed by atoms with E-state index in [2.05, 4.69) is 24.4 Å². The fourth-order valence-corrected chi connectivity index (χ4v) is 2.41. The predicted octanol–water partition coefficient (Wildman–Crippen LogP) is 3.55. The second-order valence-corrected chi connectivity index (χ2v) is 5.43. The molecule has 1 amide bonds. The molecule has 116 valence electrons. The van der Waals surface area contributed by atoms with Gasteiger partial charge in [-0.2, -0.15) is 0 Å². The van der Waals surface area contributed by atoms with E-state index in [4.69, 9.17) is 4.74 Å². The van der Waals surface area contributed by atoms with Gasteiger partial charge in [0.15, 0.2) is 0 Å². The van der Waals surface area contributed by atoms with Crippen molar-refractivity contribution in [2.45, 2.75) is 25.7 Å². The Morgan fingerprint density at radius 3 is 2.50 bits per heavy atom. The van der Waals surface area contributed by atoms with Crippen LogP contribution >= 0.6 is 0 Å². The summed E-state index contributed by atoms with van der Waals surface area (Å²) in [5.41, 5.74) is 2.31. The number of ether oxygens (including phenoxy) is 1. The van der Waals surface area contributed by atoms with Gasteiger partial charge in [0.2, 0.25) is 5.91 Å². The van der Waals surface area contributed by atoms with Crippen LogP contribution in [0.2, 0.25) is 0 Å². The monoisotopic (exact) mass is 297 g/mol. The molecule has 0 aliphatic carbocycles. The maximum Gasteiger partial charge on any atom is 0.220 e. The van der Waals surface area contributed by atoms with E-state index in [9.17, 15) is 4.79 Å². The van der Waals surface area contributed by atoms with Crippen LogP contribution in [0.4, 0.5) is 0 Å². The summed E-state index contributed by atoms with van der Waals surface area (Å²) >= 11 is 0. The van der Waals surface area contributed by atoms with E-state index in [1.807, 2.05) is 42.5 Å². The molecular weight excluding hydrogens is 274 g/mol. The third kappa shape index (κ3) is 4.62. The molecule has 0 heterocycles. The summed E-state index contributed by atoms with van der Waals surface area (Å²) in [7, 11) is 1.65. The van der Waals surface area contributed by atoms with Crippen LogP contribution in [0.25, 0.3) is 0 Å². The lowest BCUT2D eigenvalue weighted by Crippen LogP contribution is -2.27. The molecule has 0 saturated carbocycles. The Kier molecular flexibility index (Phi) is 6.01. The lowest BCUT2D eigenvalue weighted by atomic mass is 10.0. The third-order valence-electron chi connectivity index (χ3n) is 3.79. The Bertz CT molecular complexity index is 595. The van der Waals surface area contributed by atoms with Crippen LogP contribution in [0.3, 0.4) is 0 Å². The van der Waals surface area contributed by atoms with Gasteiger partial charge >= 0.3 is 0 Å². The van der Waals surface area contributed by atoms with Gasteiger partial charge in [0.1, 0.15) is 5.75 Å². The van der Waals surface area contributed by atoms with Crippen molar-refractivity contribution in [3.8, 4) is 5.75 Å². The van der Waals surface area contributed by atoms with E-state index >= 15 is 0 Å². The third-order valence-corrected chi connectivity index (χ3v) is 3.79. The summed E-state index contributed by atoms with van der Waals surface area (Å²) in [6.45, 7) is 2.78. The summed E-state index contributed by atoms with van der Waals surface area (Å²) in [5.74, 6) is 1.23. The zero-order valence-corrected chi connectivity index (χ0v) is 13.2. The highest BCUT2D eigenvalue weighted by Crippen LogP contribution is 2.19. The average Bonchev–Trinajstić information content (AvgIpc) is 2.58. The molecule has 0 aliphatic heterocycles. The summed E-state index contributed by atoms with van der Waals surface area (Å²) < 4.78 is 5.30. The summed E-state index contributed by atoms with van der Waals surface area (Å²) in [6, 6.07) is 18.0. The second-order valence-electron chi connectivity index (χ2n) is 5.43. The number of aryl methyl sites for hydroxylation is 1. The van der Waals surface area contributed by atoms with E-state index in [1.54, 1.807) is 7.11 Å². The summed E-state index contributed by atoms with van der Waals surface area (Å²) in [6.07, 6.45) is 1.16.